The van der Waals surface area contributed by atoms with E-state index >= 15 is 0 Å². The second-order valence-electron chi connectivity index (χ2n) is 4.24. The quantitative estimate of drug-likeness (QED) is 0.427. The number of rotatable bonds is 8. The number of hydrogen-bond donors (Lipinski definition) is 4. The van der Waals surface area contributed by atoms with Crippen LogP contribution in [0, 0.1) is 0 Å². The van der Waals surface area contributed by atoms with Gasteiger partial charge in [-0.3, -0.25) is 20.2 Å². The van der Waals surface area contributed by atoms with Crippen LogP contribution in [-0.4, -0.2) is 56.7 Å². The molecular formula is C12H24N4O4. The van der Waals surface area contributed by atoms with E-state index in [0.717, 1.165) is 0 Å². The highest BCUT2D eigenvalue weighted by atomic mass is 16.5. The third-order valence-corrected chi connectivity index (χ3v) is 2.47. The van der Waals surface area contributed by atoms with Crippen LogP contribution in [0.25, 0.3) is 0 Å². The molecule has 2 unspecified atom stereocenters. The van der Waals surface area contributed by atoms with Gasteiger partial charge in [0, 0.05) is 20.2 Å². The molecule has 8 nitrogen and oxygen atoms in total. The van der Waals surface area contributed by atoms with Crippen LogP contribution in [0.3, 0.4) is 0 Å². The monoisotopic (exact) mass is 288 g/mol. The third-order valence-electron chi connectivity index (χ3n) is 2.47. The number of nitrogens with one attached hydrogen (secondary N) is 4. The van der Waals surface area contributed by atoms with Gasteiger partial charge in [0.05, 0.1) is 18.7 Å². The summed E-state index contributed by atoms with van der Waals surface area (Å²) in [6.07, 6.45) is 0. The topological polar surface area (TPSA) is 109 Å². The van der Waals surface area contributed by atoms with Crippen LogP contribution in [0.5, 0.6) is 0 Å². The van der Waals surface area contributed by atoms with Gasteiger partial charge in [-0.25, -0.2) is 4.79 Å². The van der Waals surface area contributed by atoms with E-state index < -0.39 is 24.0 Å². The number of carbonyl (C=O) groups excluding carboxylic acids is 3. The van der Waals surface area contributed by atoms with Gasteiger partial charge in [-0.05, 0) is 20.8 Å². The van der Waals surface area contributed by atoms with Gasteiger partial charge in [-0.1, -0.05) is 0 Å². The molecule has 20 heavy (non-hydrogen) atoms. The Morgan fingerprint density at radius 2 is 1.65 bits per heavy atom. The van der Waals surface area contributed by atoms with Crippen molar-refractivity contribution in [2.75, 3.05) is 26.8 Å². The number of imide groups is 1. The maximum Gasteiger partial charge on any atom is 0.321 e. The molecule has 4 N–H and O–H groups in total. The minimum Gasteiger partial charge on any atom is -0.383 e. The SMILES string of the molecule is CCNC(=O)NC(=O)C(C)NC(C)C(=O)NCCOC. The highest BCUT2D eigenvalue weighted by molar-refractivity contribution is 5.97. The first-order valence-electron chi connectivity index (χ1n) is 6.53. The fourth-order valence-electron chi connectivity index (χ4n) is 1.38. The number of methoxy groups -OCH3 is 1. The molecule has 0 fully saturated rings. The lowest BCUT2D eigenvalue weighted by Gasteiger charge is -2.18. The molecule has 0 aliphatic carbocycles. The number of urea groups is 1. The van der Waals surface area contributed by atoms with Gasteiger partial charge in [0.2, 0.25) is 11.8 Å². The molecule has 0 aliphatic rings. The Bertz CT molecular complexity index is 335. The highest BCUT2D eigenvalue weighted by Crippen LogP contribution is 1.89. The van der Waals surface area contributed by atoms with Crippen LogP contribution in [-0.2, 0) is 14.3 Å². The van der Waals surface area contributed by atoms with Gasteiger partial charge in [-0.15, -0.1) is 0 Å². The van der Waals surface area contributed by atoms with E-state index in [4.69, 9.17) is 4.74 Å². The summed E-state index contributed by atoms with van der Waals surface area (Å²) in [5, 5.41) is 10.1. The minimum absolute atomic E-state index is 0.236. The first-order chi connectivity index (χ1) is 9.42. The molecule has 0 rings (SSSR count). The van der Waals surface area contributed by atoms with Crippen molar-refractivity contribution in [1.29, 1.82) is 0 Å². The molecule has 0 radical (unpaired) electrons. The summed E-state index contributed by atoms with van der Waals surface area (Å²) in [6, 6.07) is -1.77. The van der Waals surface area contributed by atoms with Crippen molar-refractivity contribution in [2.45, 2.75) is 32.9 Å². The lowest BCUT2D eigenvalue weighted by Crippen LogP contribution is -2.53. The molecule has 0 spiro atoms. The average Bonchev–Trinajstić information content (AvgIpc) is 2.38. The van der Waals surface area contributed by atoms with Crippen LogP contribution in [0.1, 0.15) is 20.8 Å². The van der Waals surface area contributed by atoms with Crippen molar-refractivity contribution >= 4 is 17.8 Å². The number of hydrogen-bond acceptors (Lipinski definition) is 5. The van der Waals surface area contributed by atoms with E-state index in [1.807, 2.05) is 0 Å². The molecule has 116 valence electrons. The van der Waals surface area contributed by atoms with Gasteiger partial charge in [0.15, 0.2) is 0 Å². The largest absolute Gasteiger partial charge is 0.383 e. The normalized spacial score (nSPS) is 13.2. The van der Waals surface area contributed by atoms with Crippen molar-refractivity contribution in [1.82, 2.24) is 21.3 Å². The standard InChI is InChI=1S/C12H24N4O4/c1-5-13-12(19)16-11(18)9(3)15-8(2)10(17)14-6-7-20-4/h8-9,15H,5-7H2,1-4H3,(H,14,17)(H2,13,16,18,19). The van der Waals surface area contributed by atoms with Crippen molar-refractivity contribution in [3.05, 3.63) is 0 Å². The van der Waals surface area contributed by atoms with Crippen molar-refractivity contribution in [2.24, 2.45) is 0 Å². The van der Waals surface area contributed by atoms with E-state index in [2.05, 4.69) is 21.3 Å². The molecule has 0 aromatic carbocycles. The Morgan fingerprint density at radius 3 is 2.20 bits per heavy atom. The van der Waals surface area contributed by atoms with Crippen LogP contribution in [0.15, 0.2) is 0 Å². The van der Waals surface area contributed by atoms with Gasteiger partial charge < -0.3 is 15.4 Å². The molecule has 0 aromatic heterocycles. The summed E-state index contributed by atoms with van der Waals surface area (Å²) in [6.45, 7) is 6.22. The van der Waals surface area contributed by atoms with Crippen LogP contribution < -0.4 is 21.3 Å². The maximum absolute atomic E-state index is 11.7. The molecule has 2 atom stereocenters. The van der Waals surface area contributed by atoms with E-state index in [1.54, 1.807) is 27.9 Å². The summed E-state index contributed by atoms with van der Waals surface area (Å²) in [5.74, 6) is -0.729. The molecule has 0 saturated carbocycles. The Labute approximate surface area is 119 Å². The van der Waals surface area contributed by atoms with Crippen molar-refractivity contribution in [3.8, 4) is 0 Å². The molecule has 4 amide bonds. The lowest BCUT2D eigenvalue weighted by atomic mass is 10.2. The smallest absolute Gasteiger partial charge is 0.321 e. The summed E-state index contributed by atoms with van der Waals surface area (Å²) < 4.78 is 4.81. The Kier molecular flexibility index (Phi) is 9.31. The summed E-state index contributed by atoms with van der Waals surface area (Å²) >= 11 is 0. The fourth-order valence-corrected chi connectivity index (χ4v) is 1.38. The zero-order valence-corrected chi connectivity index (χ0v) is 12.4. The summed E-state index contributed by atoms with van der Waals surface area (Å²) in [7, 11) is 1.54. The second-order valence-corrected chi connectivity index (χ2v) is 4.24. The zero-order chi connectivity index (χ0) is 15.5. The number of amides is 4. The van der Waals surface area contributed by atoms with Gasteiger partial charge in [0.25, 0.3) is 0 Å². The van der Waals surface area contributed by atoms with E-state index in [-0.39, 0.29) is 5.91 Å². The third kappa shape index (κ3) is 7.70. The Hall–Kier alpha value is -1.67. The maximum atomic E-state index is 11.7. The fraction of sp³-hybridized carbons (Fsp3) is 0.750. The molecule has 0 aliphatic heterocycles. The first kappa shape index (κ1) is 18.3. The van der Waals surface area contributed by atoms with Crippen LogP contribution in [0.2, 0.25) is 0 Å². The predicted molar refractivity (Wildman–Crippen MR) is 74.2 cm³/mol. The minimum atomic E-state index is -0.666. The van der Waals surface area contributed by atoms with E-state index in [0.29, 0.717) is 19.7 Å². The molecule has 0 heterocycles. The van der Waals surface area contributed by atoms with Gasteiger partial charge >= 0.3 is 6.03 Å². The molecule has 0 bridgehead atoms. The van der Waals surface area contributed by atoms with E-state index in [1.165, 1.54) is 0 Å². The van der Waals surface area contributed by atoms with Crippen molar-refractivity contribution < 1.29 is 19.1 Å². The molecule has 0 saturated heterocycles. The highest BCUT2D eigenvalue weighted by Gasteiger charge is 2.20. The Morgan fingerprint density at radius 1 is 1.05 bits per heavy atom. The first-order valence-corrected chi connectivity index (χ1v) is 6.53. The molecule has 0 aromatic rings. The number of ether oxygens (including phenoxy) is 1. The molecule has 8 heteroatoms. The van der Waals surface area contributed by atoms with E-state index in [9.17, 15) is 14.4 Å². The summed E-state index contributed by atoms with van der Waals surface area (Å²) in [5.41, 5.74) is 0. The lowest BCUT2D eigenvalue weighted by molar-refractivity contribution is -0.124. The van der Waals surface area contributed by atoms with Crippen LogP contribution >= 0.6 is 0 Å². The predicted octanol–water partition coefficient (Wildman–Crippen LogP) is -1.04. The second kappa shape index (κ2) is 10.2. The Balaban J connectivity index is 4.10. The van der Waals surface area contributed by atoms with Gasteiger partial charge in [0.1, 0.15) is 0 Å². The zero-order valence-electron chi connectivity index (χ0n) is 12.4. The molecular weight excluding hydrogens is 264 g/mol. The van der Waals surface area contributed by atoms with Crippen molar-refractivity contribution in [3.63, 3.8) is 0 Å². The van der Waals surface area contributed by atoms with Crippen LogP contribution in [0.4, 0.5) is 4.79 Å². The summed E-state index contributed by atoms with van der Waals surface area (Å²) in [4.78, 5) is 34.5. The average molecular weight is 288 g/mol. The number of carbonyl (C=O) groups is 3. The van der Waals surface area contributed by atoms with Gasteiger partial charge in [-0.2, -0.15) is 0 Å².